The van der Waals surface area contributed by atoms with Crippen LogP contribution in [0, 0.1) is 0 Å². The first-order valence-corrected chi connectivity index (χ1v) is 7.55. The van der Waals surface area contributed by atoms with Crippen LogP contribution in [0.15, 0.2) is 0 Å². The Balaban J connectivity index is 2.46. The molecule has 0 aromatic heterocycles. The monoisotopic (exact) mass is 225 g/mol. The van der Waals surface area contributed by atoms with Gasteiger partial charge < -0.3 is 0 Å². The molecular weight excluding hydrogens is 194 g/mol. The Morgan fingerprint density at radius 2 is 1.75 bits per heavy atom. The molecule has 1 nitrogen and oxygen atoms in total. The normalized spacial score (nSPS) is 20.2. The fourth-order valence-corrected chi connectivity index (χ4v) is 3.10. The first-order valence-electron chi connectivity index (χ1n) is 7.55. The molecule has 1 unspecified atom stereocenters. The van der Waals surface area contributed by atoms with E-state index < -0.39 is 0 Å². The first kappa shape index (κ1) is 14.0. The number of unbranched alkanes of at least 4 members (excludes halogenated alkanes) is 1. The van der Waals surface area contributed by atoms with Crippen LogP contribution in [0.25, 0.3) is 0 Å². The molecule has 1 saturated carbocycles. The standard InChI is InChI=1S/C15H31N/c1-4-6-13-16(14(3)10-5-2)15-11-8-7-9-12-15/h14-15H,4-13H2,1-3H3. The molecule has 0 spiro atoms. The Hall–Kier alpha value is -0.0400. The molecule has 0 bridgehead atoms. The van der Waals surface area contributed by atoms with Gasteiger partial charge in [0.1, 0.15) is 0 Å². The van der Waals surface area contributed by atoms with E-state index >= 15 is 0 Å². The molecule has 0 heterocycles. The van der Waals surface area contributed by atoms with Crippen LogP contribution in [-0.2, 0) is 0 Å². The van der Waals surface area contributed by atoms with Crippen LogP contribution in [0.1, 0.15) is 78.6 Å². The first-order chi connectivity index (χ1) is 7.79. The highest BCUT2D eigenvalue weighted by atomic mass is 15.2. The quantitative estimate of drug-likeness (QED) is 0.611. The molecule has 0 amide bonds. The molecule has 96 valence electrons. The zero-order valence-corrected chi connectivity index (χ0v) is 11.7. The van der Waals surface area contributed by atoms with Crippen molar-refractivity contribution in [2.45, 2.75) is 90.6 Å². The van der Waals surface area contributed by atoms with Crippen molar-refractivity contribution in [3.05, 3.63) is 0 Å². The minimum atomic E-state index is 0.805. The molecule has 0 radical (unpaired) electrons. The number of hydrogen-bond donors (Lipinski definition) is 0. The molecule has 0 aliphatic heterocycles. The second-order valence-corrected chi connectivity index (χ2v) is 5.52. The van der Waals surface area contributed by atoms with E-state index in [2.05, 4.69) is 25.7 Å². The maximum Gasteiger partial charge on any atom is 0.00980 e. The number of hydrogen-bond acceptors (Lipinski definition) is 1. The summed E-state index contributed by atoms with van der Waals surface area (Å²) in [6.07, 6.45) is 12.7. The lowest BCUT2D eigenvalue weighted by Gasteiger charge is -2.38. The van der Waals surface area contributed by atoms with Crippen molar-refractivity contribution in [2.24, 2.45) is 0 Å². The summed E-state index contributed by atoms with van der Waals surface area (Å²) in [6, 6.07) is 1.71. The predicted octanol–water partition coefficient (Wildman–Crippen LogP) is 4.61. The van der Waals surface area contributed by atoms with Crippen LogP contribution >= 0.6 is 0 Å². The molecule has 1 rings (SSSR count). The molecule has 1 aliphatic carbocycles. The third-order valence-electron chi connectivity index (χ3n) is 4.09. The molecule has 1 aliphatic rings. The lowest BCUT2D eigenvalue weighted by Crippen LogP contribution is -2.43. The van der Waals surface area contributed by atoms with E-state index in [0.717, 1.165) is 12.1 Å². The smallest absolute Gasteiger partial charge is 0.00980 e. The molecule has 1 heteroatoms. The van der Waals surface area contributed by atoms with E-state index in [1.807, 2.05) is 0 Å². The Morgan fingerprint density at radius 1 is 1.06 bits per heavy atom. The average Bonchev–Trinajstić information content (AvgIpc) is 2.31. The fraction of sp³-hybridized carbons (Fsp3) is 1.00. The van der Waals surface area contributed by atoms with E-state index in [4.69, 9.17) is 0 Å². The third-order valence-corrected chi connectivity index (χ3v) is 4.09. The second-order valence-electron chi connectivity index (χ2n) is 5.52. The van der Waals surface area contributed by atoms with Crippen LogP contribution in [0.3, 0.4) is 0 Å². The van der Waals surface area contributed by atoms with Gasteiger partial charge in [-0.25, -0.2) is 0 Å². The van der Waals surface area contributed by atoms with Crippen LogP contribution in [-0.4, -0.2) is 23.5 Å². The van der Waals surface area contributed by atoms with Gasteiger partial charge in [-0.05, 0) is 39.2 Å². The van der Waals surface area contributed by atoms with E-state index in [1.165, 1.54) is 64.3 Å². The van der Waals surface area contributed by atoms with Gasteiger partial charge in [0.2, 0.25) is 0 Å². The Morgan fingerprint density at radius 3 is 2.31 bits per heavy atom. The van der Waals surface area contributed by atoms with Crippen LogP contribution in [0.5, 0.6) is 0 Å². The van der Waals surface area contributed by atoms with Gasteiger partial charge in [0.15, 0.2) is 0 Å². The molecule has 0 saturated heterocycles. The van der Waals surface area contributed by atoms with Crippen molar-refractivity contribution in [1.29, 1.82) is 0 Å². The SMILES string of the molecule is CCCCN(C(C)CCC)C1CCCCC1. The summed E-state index contributed by atoms with van der Waals surface area (Å²) < 4.78 is 0. The fourth-order valence-electron chi connectivity index (χ4n) is 3.10. The topological polar surface area (TPSA) is 3.24 Å². The summed E-state index contributed by atoms with van der Waals surface area (Å²) in [4.78, 5) is 2.83. The molecule has 1 fully saturated rings. The Labute approximate surface area is 103 Å². The van der Waals surface area contributed by atoms with Crippen molar-refractivity contribution in [2.75, 3.05) is 6.54 Å². The highest BCUT2D eigenvalue weighted by Gasteiger charge is 2.23. The lowest BCUT2D eigenvalue weighted by atomic mass is 9.92. The Bertz CT molecular complexity index is 161. The van der Waals surface area contributed by atoms with Gasteiger partial charge in [-0.2, -0.15) is 0 Å². The van der Waals surface area contributed by atoms with Crippen molar-refractivity contribution >= 4 is 0 Å². The predicted molar refractivity (Wildman–Crippen MR) is 72.9 cm³/mol. The van der Waals surface area contributed by atoms with Gasteiger partial charge in [0.25, 0.3) is 0 Å². The molecule has 0 N–H and O–H groups in total. The summed E-state index contributed by atoms with van der Waals surface area (Å²) in [6.45, 7) is 8.40. The van der Waals surface area contributed by atoms with E-state index in [1.54, 1.807) is 0 Å². The summed E-state index contributed by atoms with van der Waals surface area (Å²) in [5, 5.41) is 0. The Kier molecular flexibility index (Phi) is 7.11. The lowest BCUT2D eigenvalue weighted by molar-refractivity contribution is 0.105. The van der Waals surface area contributed by atoms with Gasteiger partial charge in [-0.1, -0.05) is 46.0 Å². The highest BCUT2D eigenvalue weighted by Crippen LogP contribution is 2.25. The second kappa shape index (κ2) is 8.11. The van der Waals surface area contributed by atoms with E-state index in [9.17, 15) is 0 Å². The third kappa shape index (κ3) is 4.45. The van der Waals surface area contributed by atoms with Crippen LogP contribution in [0.2, 0.25) is 0 Å². The number of rotatable bonds is 7. The summed E-state index contributed by atoms with van der Waals surface area (Å²) >= 11 is 0. The van der Waals surface area contributed by atoms with Gasteiger partial charge >= 0.3 is 0 Å². The number of nitrogens with zero attached hydrogens (tertiary/aromatic N) is 1. The maximum atomic E-state index is 2.83. The molecule has 16 heavy (non-hydrogen) atoms. The van der Waals surface area contributed by atoms with E-state index in [0.29, 0.717) is 0 Å². The summed E-state index contributed by atoms with van der Waals surface area (Å²) in [5.41, 5.74) is 0. The van der Waals surface area contributed by atoms with Gasteiger partial charge in [0.05, 0.1) is 0 Å². The van der Waals surface area contributed by atoms with Gasteiger partial charge in [-0.3, -0.25) is 4.90 Å². The molecular formula is C15H31N. The summed E-state index contributed by atoms with van der Waals surface area (Å²) in [7, 11) is 0. The zero-order chi connectivity index (χ0) is 11.8. The molecule has 0 aromatic carbocycles. The largest absolute Gasteiger partial charge is 0.298 e. The van der Waals surface area contributed by atoms with Crippen molar-refractivity contribution in [1.82, 2.24) is 4.90 Å². The minimum Gasteiger partial charge on any atom is -0.298 e. The van der Waals surface area contributed by atoms with Gasteiger partial charge in [0, 0.05) is 12.1 Å². The van der Waals surface area contributed by atoms with Crippen LogP contribution < -0.4 is 0 Å². The highest BCUT2D eigenvalue weighted by molar-refractivity contribution is 4.79. The zero-order valence-electron chi connectivity index (χ0n) is 11.7. The average molecular weight is 225 g/mol. The van der Waals surface area contributed by atoms with Crippen molar-refractivity contribution < 1.29 is 0 Å². The van der Waals surface area contributed by atoms with Crippen molar-refractivity contribution in [3.63, 3.8) is 0 Å². The summed E-state index contributed by atoms with van der Waals surface area (Å²) in [5.74, 6) is 0. The molecule has 0 aromatic rings. The van der Waals surface area contributed by atoms with E-state index in [-0.39, 0.29) is 0 Å². The minimum absolute atomic E-state index is 0.805. The van der Waals surface area contributed by atoms with Crippen LogP contribution in [0.4, 0.5) is 0 Å². The van der Waals surface area contributed by atoms with Crippen molar-refractivity contribution in [3.8, 4) is 0 Å². The maximum absolute atomic E-state index is 2.83. The van der Waals surface area contributed by atoms with Gasteiger partial charge in [-0.15, -0.1) is 0 Å². The molecule has 1 atom stereocenters.